The number of imidazole rings is 1. The van der Waals surface area contributed by atoms with Gasteiger partial charge in [-0.3, -0.25) is 9.13 Å². The number of rotatable bonds is 4. The number of nitrogens with zero attached hydrogens (tertiary/aromatic N) is 5. The molecule has 29 heavy (non-hydrogen) atoms. The van der Waals surface area contributed by atoms with Crippen LogP contribution in [0.2, 0.25) is 0 Å². The van der Waals surface area contributed by atoms with Gasteiger partial charge < -0.3 is 15.8 Å². The van der Waals surface area contributed by atoms with Gasteiger partial charge >= 0.3 is 5.69 Å². The van der Waals surface area contributed by atoms with E-state index in [9.17, 15) is 4.79 Å². The van der Waals surface area contributed by atoms with Crippen LogP contribution in [0.5, 0.6) is 11.6 Å². The number of fused-ring (bicyclic) bond motifs is 1. The molecule has 0 amide bonds. The molecule has 9 heteroatoms. The Kier molecular flexibility index (Phi) is 4.21. The minimum atomic E-state index is -0.209. The third-order valence-electron chi connectivity index (χ3n) is 5.02. The molecule has 0 spiro atoms. The van der Waals surface area contributed by atoms with E-state index in [1.807, 2.05) is 30.3 Å². The van der Waals surface area contributed by atoms with Gasteiger partial charge in [0.25, 0.3) is 0 Å². The van der Waals surface area contributed by atoms with Crippen LogP contribution in [-0.2, 0) is 0 Å². The maximum absolute atomic E-state index is 13.3. The molecule has 1 aliphatic heterocycles. The molecule has 5 rings (SSSR count). The lowest BCUT2D eigenvalue weighted by atomic mass is 10.2. The molecule has 146 valence electrons. The SMILES string of the molecule is Nc1ncnc2c1n(-c1ccc(Oc3ccccc3)nc1)c(=O)n2[C@@H]1CCNC1. The summed E-state index contributed by atoms with van der Waals surface area (Å²) in [6.45, 7) is 1.57. The molecule has 0 radical (unpaired) electrons. The van der Waals surface area contributed by atoms with Crippen molar-refractivity contribution >= 4 is 17.0 Å². The monoisotopic (exact) mass is 389 g/mol. The van der Waals surface area contributed by atoms with Gasteiger partial charge in [0, 0.05) is 12.6 Å². The van der Waals surface area contributed by atoms with Crippen LogP contribution < -0.4 is 21.5 Å². The number of nitrogens with two attached hydrogens (primary N) is 1. The highest BCUT2D eigenvalue weighted by atomic mass is 16.5. The van der Waals surface area contributed by atoms with E-state index >= 15 is 0 Å². The second kappa shape index (κ2) is 7.02. The molecule has 1 atom stereocenters. The number of ether oxygens (including phenoxy) is 1. The largest absolute Gasteiger partial charge is 0.439 e. The molecule has 0 bridgehead atoms. The zero-order chi connectivity index (χ0) is 19.8. The fourth-order valence-electron chi connectivity index (χ4n) is 3.67. The van der Waals surface area contributed by atoms with Crippen molar-refractivity contribution in [3.8, 4) is 17.3 Å². The summed E-state index contributed by atoms with van der Waals surface area (Å²) in [5.74, 6) is 1.37. The van der Waals surface area contributed by atoms with Crippen LogP contribution >= 0.6 is 0 Å². The van der Waals surface area contributed by atoms with Crippen molar-refractivity contribution < 1.29 is 4.74 Å². The molecule has 3 aromatic heterocycles. The van der Waals surface area contributed by atoms with Gasteiger partial charge in [-0.15, -0.1) is 0 Å². The number of hydrogen-bond acceptors (Lipinski definition) is 7. The zero-order valence-electron chi connectivity index (χ0n) is 15.5. The number of para-hydroxylation sites is 1. The second-order valence-electron chi connectivity index (χ2n) is 6.84. The standard InChI is InChI=1S/C20H19N7O2/c21-18-17-19(25-12-24-18)27(14-8-9-22-10-14)20(28)26(17)13-6-7-16(23-11-13)29-15-4-2-1-3-5-15/h1-7,11-12,14,22H,8-10H2,(H2,21,24,25)/t14-/m1/s1. The molecular weight excluding hydrogens is 370 g/mol. The van der Waals surface area contributed by atoms with E-state index in [1.165, 1.54) is 10.9 Å². The van der Waals surface area contributed by atoms with Gasteiger partial charge in [-0.2, -0.15) is 0 Å². The fraction of sp³-hybridized carbons (Fsp3) is 0.200. The highest BCUT2D eigenvalue weighted by Gasteiger charge is 2.26. The minimum absolute atomic E-state index is 0.0224. The highest BCUT2D eigenvalue weighted by Crippen LogP contribution is 2.25. The Balaban J connectivity index is 1.60. The van der Waals surface area contributed by atoms with E-state index in [1.54, 1.807) is 22.9 Å². The Morgan fingerprint density at radius 1 is 1.10 bits per heavy atom. The van der Waals surface area contributed by atoms with Gasteiger partial charge in [-0.05, 0) is 31.2 Å². The summed E-state index contributed by atoms with van der Waals surface area (Å²) < 4.78 is 8.95. The molecule has 1 fully saturated rings. The molecule has 0 saturated carbocycles. The van der Waals surface area contributed by atoms with Gasteiger partial charge in [-0.1, -0.05) is 18.2 Å². The Hall–Kier alpha value is -3.72. The van der Waals surface area contributed by atoms with Gasteiger partial charge in [0.15, 0.2) is 11.5 Å². The number of nitrogens with one attached hydrogen (secondary N) is 1. The first-order valence-corrected chi connectivity index (χ1v) is 9.36. The Labute approximate surface area is 165 Å². The molecule has 9 nitrogen and oxygen atoms in total. The fourth-order valence-corrected chi connectivity index (χ4v) is 3.67. The summed E-state index contributed by atoms with van der Waals surface area (Å²) in [7, 11) is 0. The number of benzene rings is 1. The number of anilines is 1. The van der Waals surface area contributed by atoms with E-state index in [2.05, 4.69) is 20.3 Å². The lowest BCUT2D eigenvalue weighted by Crippen LogP contribution is -2.28. The zero-order valence-corrected chi connectivity index (χ0v) is 15.5. The Bertz CT molecular complexity index is 1210. The van der Waals surface area contributed by atoms with Gasteiger partial charge in [-0.25, -0.2) is 19.7 Å². The van der Waals surface area contributed by atoms with E-state index in [-0.39, 0.29) is 17.5 Å². The van der Waals surface area contributed by atoms with Crippen LogP contribution in [0.25, 0.3) is 16.9 Å². The lowest BCUT2D eigenvalue weighted by molar-refractivity contribution is 0.462. The van der Waals surface area contributed by atoms with Crippen molar-refractivity contribution in [2.75, 3.05) is 18.8 Å². The third-order valence-corrected chi connectivity index (χ3v) is 5.02. The summed E-state index contributed by atoms with van der Waals surface area (Å²) in [6.07, 6.45) is 3.82. The predicted octanol–water partition coefficient (Wildman–Crippen LogP) is 1.89. The second-order valence-corrected chi connectivity index (χ2v) is 6.84. The van der Waals surface area contributed by atoms with Crippen LogP contribution in [-0.4, -0.2) is 37.2 Å². The summed E-state index contributed by atoms with van der Waals surface area (Å²) in [5.41, 5.74) is 7.51. The maximum Gasteiger partial charge on any atom is 0.335 e. The quantitative estimate of drug-likeness (QED) is 0.548. The van der Waals surface area contributed by atoms with Crippen LogP contribution in [0.15, 0.2) is 59.8 Å². The Morgan fingerprint density at radius 2 is 1.97 bits per heavy atom. The topological polar surface area (TPSA) is 113 Å². The van der Waals surface area contributed by atoms with Crippen LogP contribution in [0.4, 0.5) is 5.82 Å². The molecule has 3 N–H and O–H groups in total. The molecule has 4 aromatic rings. The van der Waals surface area contributed by atoms with Crippen molar-refractivity contribution in [2.24, 2.45) is 0 Å². The molecule has 4 heterocycles. The molecule has 1 saturated heterocycles. The molecular formula is C20H19N7O2. The number of aromatic nitrogens is 5. The Morgan fingerprint density at radius 3 is 2.69 bits per heavy atom. The first-order valence-electron chi connectivity index (χ1n) is 9.36. The maximum atomic E-state index is 13.3. The first-order chi connectivity index (χ1) is 14.2. The normalized spacial score (nSPS) is 16.3. The molecule has 0 unspecified atom stereocenters. The van der Waals surface area contributed by atoms with E-state index in [4.69, 9.17) is 10.5 Å². The molecule has 1 aliphatic rings. The predicted molar refractivity (Wildman–Crippen MR) is 108 cm³/mol. The summed E-state index contributed by atoms with van der Waals surface area (Å²) in [5, 5.41) is 3.28. The molecule has 1 aromatic carbocycles. The van der Waals surface area contributed by atoms with E-state index < -0.39 is 0 Å². The van der Waals surface area contributed by atoms with E-state index in [0.29, 0.717) is 35.0 Å². The van der Waals surface area contributed by atoms with Crippen LogP contribution in [0.3, 0.4) is 0 Å². The van der Waals surface area contributed by atoms with Crippen molar-refractivity contribution in [1.29, 1.82) is 0 Å². The van der Waals surface area contributed by atoms with Crippen LogP contribution in [0.1, 0.15) is 12.5 Å². The third kappa shape index (κ3) is 3.01. The van der Waals surface area contributed by atoms with Crippen molar-refractivity contribution in [3.05, 3.63) is 65.5 Å². The highest BCUT2D eigenvalue weighted by molar-refractivity contribution is 5.84. The smallest absolute Gasteiger partial charge is 0.335 e. The summed E-state index contributed by atoms with van der Waals surface area (Å²) in [4.78, 5) is 26.1. The lowest BCUT2D eigenvalue weighted by Gasteiger charge is -2.09. The van der Waals surface area contributed by atoms with Gasteiger partial charge in [0.05, 0.1) is 17.9 Å². The van der Waals surface area contributed by atoms with Gasteiger partial charge in [0.1, 0.15) is 17.6 Å². The summed E-state index contributed by atoms with van der Waals surface area (Å²) in [6, 6.07) is 12.9. The number of nitrogen functional groups attached to an aromatic ring is 1. The number of hydrogen-bond donors (Lipinski definition) is 2. The average Bonchev–Trinajstić information content (AvgIpc) is 3.36. The number of pyridine rings is 1. The summed E-state index contributed by atoms with van der Waals surface area (Å²) >= 11 is 0. The van der Waals surface area contributed by atoms with Crippen molar-refractivity contribution in [2.45, 2.75) is 12.5 Å². The van der Waals surface area contributed by atoms with Crippen LogP contribution in [0, 0.1) is 0 Å². The first kappa shape index (κ1) is 17.4. The van der Waals surface area contributed by atoms with E-state index in [0.717, 1.165) is 13.0 Å². The van der Waals surface area contributed by atoms with Gasteiger partial charge in [0.2, 0.25) is 5.88 Å². The average molecular weight is 389 g/mol. The minimum Gasteiger partial charge on any atom is -0.439 e. The van der Waals surface area contributed by atoms with Crippen molar-refractivity contribution in [3.63, 3.8) is 0 Å². The molecule has 0 aliphatic carbocycles. The van der Waals surface area contributed by atoms with Crippen molar-refractivity contribution in [1.82, 2.24) is 29.4 Å².